The first kappa shape index (κ1) is 26.2. The van der Waals surface area contributed by atoms with E-state index in [0.717, 1.165) is 16.9 Å². The van der Waals surface area contributed by atoms with Crippen molar-refractivity contribution in [1.29, 1.82) is 0 Å². The molecule has 0 saturated carbocycles. The number of hydrogen-bond donors (Lipinski definition) is 1. The van der Waals surface area contributed by atoms with Gasteiger partial charge in [-0.1, -0.05) is 41.2 Å². The van der Waals surface area contributed by atoms with E-state index in [4.69, 9.17) is 4.74 Å². The van der Waals surface area contributed by atoms with Crippen molar-refractivity contribution in [3.05, 3.63) is 92.8 Å². The smallest absolute Gasteiger partial charge is 0.281 e. The van der Waals surface area contributed by atoms with Gasteiger partial charge in [0.2, 0.25) is 0 Å². The lowest BCUT2D eigenvalue weighted by Crippen LogP contribution is -2.20. The van der Waals surface area contributed by atoms with Gasteiger partial charge in [-0.3, -0.25) is 19.6 Å². The summed E-state index contributed by atoms with van der Waals surface area (Å²) in [6.45, 7) is 4.95. The summed E-state index contributed by atoms with van der Waals surface area (Å²) in [6.07, 6.45) is 0. The largest absolute Gasteiger partial charge is 0.380 e. The van der Waals surface area contributed by atoms with Crippen LogP contribution in [0.15, 0.2) is 76.6 Å². The van der Waals surface area contributed by atoms with E-state index >= 15 is 0 Å². The van der Waals surface area contributed by atoms with Crippen LogP contribution in [0.4, 0.5) is 11.4 Å². The van der Waals surface area contributed by atoms with Gasteiger partial charge in [-0.2, -0.15) is 4.99 Å². The van der Waals surface area contributed by atoms with E-state index in [1.54, 1.807) is 34.9 Å². The summed E-state index contributed by atoms with van der Waals surface area (Å²) in [5, 5.41) is 11.2. The summed E-state index contributed by atoms with van der Waals surface area (Å²) in [5.41, 5.74) is 1.68. The zero-order chi connectivity index (χ0) is 26.6. The van der Waals surface area contributed by atoms with Crippen LogP contribution in [0.1, 0.15) is 22.8 Å². The van der Waals surface area contributed by atoms with Crippen LogP contribution in [0.2, 0.25) is 0 Å². The fourth-order valence-corrected chi connectivity index (χ4v) is 5.77. The number of amides is 1. The van der Waals surface area contributed by atoms with E-state index in [-0.39, 0.29) is 21.8 Å². The van der Waals surface area contributed by atoms with Gasteiger partial charge in [0.05, 0.1) is 37.9 Å². The van der Waals surface area contributed by atoms with Crippen molar-refractivity contribution in [3.63, 3.8) is 0 Å². The van der Waals surface area contributed by atoms with Crippen LogP contribution in [0.5, 0.6) is 0 Å². The van der Waals surface area contributed by atoms with Gasteiger partial charge in [0.1, 0.15) is 0 Å². The number of non-ortho nitro benzene ring substituents is 1. The maximum Gasteiger partial charge on any atom is 0.281 e. The molecule has 0 aliphatic rings. The summed E-state index contributed by atoms with van der Waals surface area (Å²) in [7, 11) is -3.94. The zero-order valence-corrected chi connectivity index (χ0v) is 21.7. The highest BCUT2D eigenvalue weighted by molar-refractivity contribution is 7.92. The van der Waals surface area contributed by atoms with E-state index in [2.05, 4.69) is 9.71 Å². The second kappa shape index (κ2) is 11.0. The number of carbonyl (C=O) groups excluding carboxylic acids is 1. The van der Waals surface area contributed by atoms with Gasteiger partial charge in [0.25, 0.3) is 21.6 Å². The molecule has 37 heavy (non-hydrogen) atoms. The molecule has 4 aromatic rings. The zero-order valence-electron chi connectivity index (χ0n) is 20.1. The maximum atomic E-state index is 13.3. The average molecular weight is 541 g/mol. The Balaban J connectivity index is 1.74. The molecule has 1 heterocycles. The molecule has 1 amide bonds. The highest BCUT2D eigenvalue weighted by Gasteiger charge is 2.19. The first-order chi connectivity index (χ1) is 17.7. The highest BCUT2D eigenvalue weighted by Crippen LogP contribution is 2.24. The minimum absolute atomic E-state index is 0.0668. The lowest BCUT2D eigenvalue weighted by atomic mass is 10.2. The number of aromatic nitrogens is 1. The van der Waals surface area contributed by atoms with Gasteiger partial charge < -0.3 is 9.30 Å². The molecule has 0 fully saturated rings. The molecule has 0 unspecified atom stereocenters. The molecule has 10 nitrogen and oxygen atoms in total. The topological polar surface area (TPSA) is 133 Å². The Morgan fingerprint density at radius 1 is 1.14 bits per heavy atom. The Bertz CT molecular complexity index is 1640. The number of aryl methyl sites for hydroxylation is 1. The molecule has 3 aromatic carbocycles. The third kappa shape index (κ3) is 5.93. The van der Waals surface area contributed by atoms with E-state index in [9.17, 15) is 23.3 Å². The van der Waals surface area contributed by atoms with Crippen LogP contribution in [0.3, 0.4) is 0 Å². The fourth-order valence-electron chi connectivity index (χ4n) is 3.60. The highest BCUT2D eigenvalue weighted by atomic mass is 32.2. The van der Waals surface area contributed by atoms with Crippen LogP contribution in [-0.4, -0.2) is 37.0 Å². The third-order valence-electron chi connectivity index (χ3n) is 5.47. The molecule has 0 aliphatic carbocycles. The Kier molecular flexibility index (Phi) is 7.81. The Morgan fingerprint density at radius 3 is 2.57 bits per heavy atom. The predicted molar refractivity (Wildman–Crippen MR) is 141 cm³/mol. The van der Waals surface area contributed by atoms with Crippen molar-refractivity contribution in [2.75, 3.05) is 17.9 Å². The molecule has 192 valence electrons. The van der Waals surface area contributed by atoms with Crippen LogP contribution < -0.4 is 9.52 Å². The van der Waals surface area contributed by atoms with Gasteiger partial charge in [0, 0.05) is 25.3 Å². The molecule has 4 rings (SSSR count). The molecule has 1 N–H and O–H groups in total. The molecular weight excluding hydrogens is 516 g/mol. The number of fused-ring (bicyclic) bond motifs is 1. The normalized spacial score (nSPS) is 12.1. The quantitative estimate of drug-likeness (QED) is 0.189. The number of thiazole rings is 1. The molecule has 0 atom stereocenters. The number of carbonyl (C=O) groups is 1. The minimum atomic E-state index is -3.94. The van der Waals surface area contributed by atoms with Gasteiger partial charge >= 0.3 is 0 Å². The Morgan fingerprint density at radius 2 is 1.86 bits per heavy atom. The first-order valence-electron chi connectivity index (χ1n) is 11.3. The van der Waals surface area contributed by atoms with Crippen LogP contribution >= 0.6 is 11.3 Å². The van der Waals surface area contributed by atoms with Crippen LogP contribution in [0.25, 0.3) is 10.2 Å². The van der Waals surface area contributed by atoms with E-state index in [0.29, 0.717) is 34.8 Å². The number of para-hydroxylation sites is 1. The molecule has 0 radical (unpaired) electrons. The molecule has 12 heteroatoms. The van der Waals surface area contributed by atoms with Crippen molar-refractivity contribution >= 4 is 48.9 Å². The molecule has 0 saturated heterocycles. The summed E-state index contributed by atoms with van der Waals surface area (Å²) < 4.78 is 36.1. The minimum Gasteiger partial charge on any atom is -0.380 e. The molecule has 0 aliphatic heterocycles. The van der Waals surface area contributed by atoms with Crippen molar-refractivity contribution in [2.24, 2.45) is 4.99 Å². The van der Waals surface area contributed by atoms with Gasteiger partial charge in [-0.15, -0.1) is 0 Å². The van der Waals surface area contributed by atoms with Crippen molar-refractivity contribution in [2.45, 2.75) is 25.3 Å². The first-order valence-corrected chi connectivity index (χ1v) is 13.6. The number of anilines is 1. The van der Waals surface area contributed by atoms with Crippen molar-refractivity contribution in [3.8, 4) is 0 Å². The number of nitro groups is 1. The summed E-state index contributed by atoms with van der Waals surface area (Å²) in [6, 6.07) is 17.0. The Labute approximate surface area is 217 Å². The third-order valence-corrected chi connectivity index (χ3v) is 7.89. The van der Waals surface area contributed by atoms with Gasteiger partial charge in [-0.25, -0.2) is 8.42 Å². The van der Waals surface area contributed by atoms with E-state index < -0.39 is 20.9 Å². The average Bonchev–Trinajstić information content (AvgIpc) is 3.20. The molecular formula is C25H24N4O6S2. The lowest BCUT2D eigenvalue weighted by Gasteiger charge is -2.11. The number of benzene rings is 3. The summed E-state index contributed by atoms with van der Waals surface area (Å²) in [5.74, 6) is -0.659. The van der Waals surface area contributed by atoms with E-state index in [1.165, 1.54) is 36.4 Å². The standard InChI is InChI=1S/C25H24N4O6S2/c1-3-35-15-14-28-22-13-10-18(29(31)32)16-23(22)36-25(28)26-24(30)20-6-4-5-7-21(20)27-37(33,34)19-11-8-17(2)9-12-19/h4-13,16,27H,3,14-15H2,1-2H3. The number of nitrogens with zero attached hydrogens (tertiary/aromatic N) is 3. The van der Waals surface area contributed by atoms with Gasteiger partial charge in [-0.05, 0) is 44.2 Å². The monoisotopic (exact) mass is 540 g/mol. The second-order valence-corrected chi connectivity index (χ2v) is 10.7. The Hall–Kier alpha value is -3.87. The predicted octanol–water partition coefficient (Wildman–Crippen LogP) is 4.50. The number of ether oxygens (including phenoxy) is 1. The fraction of sp³-hybridized carbons (Fsp3) is 0.200. The molecule has 0 spiro atoms. The van der Waals surface area contributed by atoms with Crippen molar-refractivity contribution in [1.82, 2.24) is 4.57 Å². The molecule has 1 aromatic heterocycles. The van der Waals surface area contributed by atoms with Crippen LogP contribution in [0, 0.1) is 17.0 Å². The number of sulfonamides is 1. The van der Waals surface area contributed by atoms with Crippen LogP contribution in [-0.2, 0) is 21.3 Å². The lowest BCUT2D eigenvalue weighted by molar-refractivity contribution is -0.384. The SMILES string of the molecule is CCOCCn1c(=NC(=O)c2ccccc2NS(=O)(=O)c2ccc(C)cc2)sc2cc([N+](=O)[O-])ccc21. The number of nitrogens with one attached hydrogen (secondary N) is 1. The number of nitro benzene ring substituents is 1. The number of rotatable bonds is 9. The summed E-state index contributed by atoms with van der Waals surface area (Å²) in [4.78, 5) is 28.7. The van der Waals surface area contributed by atoms with E-state index in [1.807, 2.05) is 13.8 Å². The maximum absolute atomic E-state index is 13.3. The number of hydrogen-bond acceptors (Lipinski definition) is 7. The van der Waals surface area contributed by atoms with Crippen molar-refractivity contribution < 1.29 is 22.9 Å². The van der Waals surface area contributed by atoms with Gasteiger partial charge in [0.15, 0.2) is 4.80 Å². The molecule has 0 bridgehead atoms. The summed E-state index contributed by atoms with van der Waals surface area (Å²) >= 11 is 1.13. The second-order valence-electron chi connectivity index (χ2n) is 8.02.